The van der Waals surface area contributed by atoms with Gasteiger partial charge in [-0.1, -0.05) is 0 Å². The molecule has 0 saturated carbocycles. The first-order chi connectivity index (χ1) is 6.37. The Kier molecular flexibility index (Phi) is 2.84. The number of amides is 1. The van der Waals surface area contributed by atoms with Gasteiger partial charge in [-0.15, -0.1) is 0 Å². The molecule has 0 atom stereocenters. The van der Waals surface area contributed by atoms with Crippen LogP contribution in [0.5, 0.6) is 0 Å². The second-order valence-corrected chi connectivity index (χ2v) is 4.04. The molecule has 4 nitrogen and oxygen atoms in total. The highest BCUT2D eigenvalue weighted by molar-refractivity contribution is 5.83. The third kappa shape index (κ3) is 3.51. The normalized spacial score (nSPS) is 11.1. The van der Waals surface area contributed by atoms with Crippen molar-refractivity contribution in [1.29, 1.82) is 0 Å². The molecule has 4 heteroatoms. The van der Waals surface area contributed by atoms with Gasteiger partial charge in [0.2, 0.25) is 5.88 Å². The molecule has 0 aromatic carbocycles. The van der Waals surface area contributed by atoms with E-state index in [-0.39, 0.29) is 0 Å². The first-order valence-corrected chi connectivity index (χ1v) is 4.43. The molecular formula is C10H15NO3. The molecule has 0 unspecified atom stereocenters. The standard InChI is InChI=1S/C10H15NO3/c1-7-5-6-8(13-7)11-9(12)14-10(2,3)4/h5-6H,1-4H3,(H,11,12). The molecule has 0 fully saturated rings. The quantitative estimate of drug-likeness (QED) is 0.753. The topological polar surface area (TPSA) is 51.5 Å². The monoisotopic (exact) mass is 197 g/mol. The van der Waals surface area contributed by atoms with Crippen LogP contribution < -0.4 is 5.32 Å². The Balaban J connectivity index is 2.50. The molecule has 0 aliphatic rings. The van der Waals surface area contributed by atoms with Crippen molar-refractivity contribution in [3.05, 3.63) is 17.9 Å². The number of hydrogen-bond donors (Lipinski definition) is 1. The van der Waals surface area contributed by atoms with Crippen molar-refractivity contribution in [2.45, 2.75) is 33.3 Å². The van der Waals surface area contributed by atoms with Gasteiger partial charge < -0.3 is 9.15 Å². The summed E-state index contributed by atoms with van der Waals surface area (Å²) in [6.45, 7) is 7.22. The molecular weight excluding hydrogens is 182 g/mol. The lowest BCUT2D eigenvalue weighted by atomic mass is 10.2. The Bertz CT molecular complexity index is 322. The lowest BCUT2D eigenvalue weighted by Crippen LogP contribution is -2.27. The average Bonchev–Trinajstić information content (AvgIpc) is 2.30. The van der Waals surface area contributed by atoms with Crippen molar-refractivity contribution >= 4 is 12.0 Å². The van der Waals surface area contributed by atoms with Crippen molar-refractivity contribution in [2.75, 3.05) is 5.32 Å². The first kappa shape index (κ1) is 10.6. The number of anilines is 1. The molecule has 1 amide bonds. The summed E-state index contributed by atoms with van der Waals surface area (Å²) in [6, 6.07) is 3.45. The van der Waals surface area contributed by atoms with E-state index >= 15 is 0 Å². The summed E-state index contributed by atoms with van der Waals surface area (Å²) in [5.41, 5.74) is -0.494. The number of carbonyl (C=O) groups excluding carboxylic acids is 1. The zero-order valence-electron chi connectivity index (χ0n) is 8.88. The molecule has 0 radical (unpaired) electrons. The van der Waals surface area contributed by atoms with E-state index in [0.717, 1.165) is 5.76 Å². The van der Waals surface area contributed by atoms with Crippen LogP contribution in [-0.2, 0) is 4.74 Å². The molecule has 78 valence electrons. The summed E-state index contributed by atoms with van der Waals surface area (Å²) in [5.74, 6) is 1.15. The second-order valence-electron chi connectivity index (χ2n) is 4.04. The number of hydrogen-bond acceptors (Lipinski definition) is 3. The summed E-state index contributed by atoms with van der Waals surface area (Å²) < 4.78 is 10.2. The van der Waals surface area contributed by atoms with E-state index in [9.17, 15) is 4.79 Å². The van der Waals surface area contributed by atoms with Crippen molar-refractivity contribution < 1.29 is 13.9 Å². The third-order valence-corrected chi connectivity index (χ3v) is 1.36. The van der Waals surface area contributed by atoms with Gasteiger partial charge in [-0.05, 0) is 33.8 Å². The molecule has 1 aromatic heterocycles. The van der Waals surface area contributed by atoms with Crippen LogP contribution in [0.2, 0.25) is 0 Å². The second kappa shape index (κ2) is 3.74. The lowest BCUT2D eigenvalue weighted by Gasteiger charge is -2.18. The van der Waals surface area contributed by atoms with Crippen molar-refractivity contribution in [2.24, 2.45) is 0 Å². The van der Waals surface area contributed by atoms with Crippen LogP contribution in [-0.4, -0.2) is 11.7 Å². The van der Waals surface area contributed by atoms with Crippen LogP contribution in [0.15, 0.2) is 16.5 Å². The largest absolute Gasteiger partial charge is 0.446 e. The third-order valence-electron chi connectivity index (χ3n) is 1.36. The molecule has 0 aliphatic heterocycles. The average molecular weight is 197 g/mol. The highest BCUT2D eigenvalue weighted by Gasteiger charge is 2.16. The molecule has 0 bridgehead atoms. The zero-order chi connectivity index (χ0) is 10.8. The molecule has 0 saturated heterocycles. The maximum Gasteiger partial charge on any atom is 0.414 e. The number of rotatable bonds is 1. The maximum absolute atomic E-state index is 11.2. The Hall–Kier alpha value is -1.45. The van der Waals surface area contributed by atoms with Gasteiger partial charge in [0, 0.05) is 6.07 Å². The molecule has 1 aromatic rings. The van der Waals surface area contributed by atoms with E-state index in [2.05, 4.69) is 5.32 Å². The molecule has 1 heterocycles. The van der Waals surface area contributed by atoms with Crippen molar-refractivity contribution in [3.8, 4) is 0 Å². The van der Waals surface area contributed by atoms with Crippen LogP contribution in [0, 0.1) is 6.92 Å². The molecule has 1 rings (SSSR count). The number of carbonyl (C=O) groups is 1. The van der Waals surface area contributed by atoms with E-state index in [1.807, 2.05) is 0 Å². The fourth-order valence-electron chi connectivity index (χ4n) is 0.906. The lowest BCUT2D eigenvalue weighted by molar-refractivity contribution is 0.0632. The molecule has 1 N–H and O–H groups in total. The fourth-order valence-corrected chi connectivity index (χ4v) is 0.906. The van der Waals surface area contributed by atoms with Crippen LogP contribution >= 0.6 is 0 Å². The Morgan fingerprint density at radius 1 is 1.43 bits per heavy atom. The minimum atomic E-state index is -0.508. The smallest absolute Gasteiger partial charge is 0.414 e. The van der Waals surface area contributed by atoms with Gasteiger partial charge >= 0.3 is 6.09 Å². The Morgan fingerprint density at radius 3 is 2.50 bits per heavy atom. The number of furan rings is 1. The molecule has 14 heavy (non-hydrogen) atoms. The highest BCUT2D eigenvalue weighted by atomic mass is 16.6. The Labute approximate surface area is 83.2 Å². The minimum Gasteiger partial charge on any atom is -0.446 e. The van der Waals surface area contributed by atoms with Gasteiger partial charge in [-0.25, -0.2) is 4.79 Å². The molecule has 0 aliphatic carbocycles. The molecule has 0 spiro atoms. The summed E-state index contributed by atoms with van der Waals surface area (Å²) in [6.07, 6.45) is -0.508. The summed E-state index contributed by atoms with van der Waals surface area (Å²) >= 11 is 0. The van der Waals surface area contributed by atoms with Crippen molar-refractivity contribution in [3.63, 3.8) is 0 Å². The van der Waals surface area contributed by atoms with E-state index in [0.29, 0.717) is 5.88 Å². The van der Waals surface area contributed by atoms with Gasteiger partial charge in [0.1, 0.15) is 11.4 Å². The predicted molar refractivity (Wildman–Crippen MR) is 53.3 cm³/mol. The zero-order valence-corrected chi connectivity index (χ0v) is 8.88. The van der Waals surface area contributed by atoms with Gasteiger partial charge in [-0.3, -0.25) is 5.32 Å². The minimum absolute atomic E-state index is 0.400. The summed E-state index contributed by atoms with van der Waals surface area (Å²) in [7, 11) is 0. The first-order valence-electron chi connectivity index (χ1n) is 4.43. The fraction of sp³-hybridized carbons (Fsp3) is 0.500. The summed E-state index contributed by atoms with van der Waals surface area (Å²) in [5, 5.41) is 2.49. The van der Waals surface area contributed by atoms with Gasteiger partial charge in [0.05, 0.1) is 0 Å². The number of aryl methyl sites for hydroxylation is 1. The van der Waals surface area contributed by atoms with Crippen molar-refractivity contribution in [1.82, 2.24) is 0 Å². The predicted octanol–water partition coefficient (Wildman–Crippen LogP) is 2.94. The van der Waals surface area contributed by atoms with E-state index in [1.165, 1.54) is 0 Å². The van der Waals surface area contributed by atoms with Crippen LogP contribution in [0.1, 0.15) is 26.5 Å². The van der Waals surface area contributed by atoms with E-state index < -0.39 is 11.7 Å². The van der Waals surface area contributed by atoms with E-state index in [4.69, 9.17) is 9.15 Å². The highest BCUT2D eigenvalue weighted by Crippen LogP contribution is 2.14. The SMILES string of the molecule is Cc1ccc(NC(=O)OC(C)(C)C)o1. The number of nitrogens with one attached hydrogen (secondary N) is 1. The Morgan fingerprint density at radius 2 is 2.07 bits per heavy atom. The van der Waals surface area contributed by atoms with Crippen LogP contribution in [0.3, 0.4) is 0 Å². The maximum atomic E-state index is 11.2. The van der Waals surface area contributed by atoms with Crippen LogP contribution in [0.4, 0.5) is 10.7 Å². The van der Waals surface area contributed by atoms with Gasteiger partial charge in [0.15, 0.2) is 0 Å². The van der Waals surface area contributed by atoms with E-state index in [1.54, 1.807) is 39.8 Å². The van der Waals surface area contributed by atoms with Gasteiger partial charge in [0.25, 0.3) is 0 Å². The summed E-state index contributed by atoms with van der Waals surface area (Å²) in [4.78, 5) is 11.2. The van der Waals surface area contributed by atoms with Crippen LogP contribution in [0.25, 0.3) is 0 Å². The van der Waals surface area contributed by atoms with Gasteiger partial charge in [-0.2, -0.15) is 0 Å². The number of ether oxygens (including phenoxy) is 1.